The SMILES string of the molecule is Cl.Oc1ccc(/C=N/NC2=NCCCCC2)cc1O. The second-order valence-corrected chi connectivity index (χ2v) is 4.26. The smallest absolute Gasteiger partial charge is 0.158 e. The molecule has 1 aromatic rings. The molecule has 5 nitrogen and oxygen atoms in total. The number of hydrogen-bond acceptors (Lipinski definition) is 5. The first-order chi connectivity index (χ1) is 8.75. The van der Waals surface area contributed by atoms with Crippen molar-refractivity contribution < 1.29 is 10.2 Å². The lowest BCUT2D eigenvalue weighted by atomic mass is 10.2. The van der Waals surface area contributed by atoms with Crippen LogP contribution in [0.4, 0.5) is 0 Å². The average Bonchev–Trinajstić information content (AvgIpc) is 2.62. The van der Waals surface area contributed by atoms with E-state index in [2.05, 4.69) is 15.5 Å². The summed E-state index contributed by atoms with van der Waals surface area (Å²) in [7, 11) is 0. The fourth-order valence-corrected chi connectivity index (χ4v) is 1.77. The predicted octanol–water partition coefficient (Wildman–Crippen LogP) is 2.42. The zero-order valence-corrected chi connectivity index (χ0v) is 11.4. The Balaban J connectivity index is 0.00000180. The lowest BCUT2D eigenvalue weighted by Crippen LogP contribution is -2.17. The van der Waals surface area contributed by atoms with Gasteiger partial charge in [0.25, 0.3) is 0 Å². The van der Waals surface area contributed by atoms with Gasteiger partial charge in [0, 0.05) is 13.0 Å². The van der Waals surface area contributed by atoms with Crippen molar-refractivity contribution >= 4 is 24.5 Å². The van der Waals surface area contributed by atoms with E-state index >= 15 is 0 Å². The number of hydrogen-bond donors (Lipinski definition) is 3. The Hall–Kier alpha value is -1.75. The first-order valence-corrected chi connectivity index (χ1v) is 6.10. The summed E-state index contributed by atoms with van der Waals surface area (Å²) in [4.78, 5) is 4.39. The van der Waals surface area contributed by atoms with Crippen LogP contribution in [0.2, 0.25) is 0 Å². The molecule has 1 aliphatic heterocycles. The molecular weight excluding hydrogens is 266 g/mol. The molecule has 2 rings (SSSR count). The van der Waals surface area contributed by atoms with Crippen LogP contribution >= 0.6 is 12.4 Å². The third-order valence-corrected chi connectivity index (χ3v) is 2.78. The quantitative estimate of drug-likeness (QED) is 0.443. The van der Waals surface area contributed by atoms with Crippen molar-refractivity contribution in [1.82, 2.24) is 5.43 Å². The molecule has 19 heavy (non-hydrogen) atoms. The Labute approximate surface area is 118 Å². The van der Waals surface area contributed by atoms with Gasteiger partial charge in [-0.2, -0.15) is 5.10 Å². The van der Waals surface area contributed by atoms with Crippen molar-refractivity contribution in [3.8, 4) is 11.5 Å². The molecule has 0 radical (unpaired) electrons. The summed E-state index contributed by atoms with van der Waals surface area (Å²) in [5.41, 5.74) is 3.63. The maximum Gasteiger partial charge on any atom is 0.158 e. The van der Waals surface area contributed by atoms with Crippen LogP contribution in [0.3, 0.4) is 0 Å². The molecule has 3 N–H and O–H groups in total. The molecule has 0 amide bonds. The van der Waals surface area contributed by atoms with Gasteiger partial charge in [0.05, 0.1) is 6.21 Å². The lowest BCUT2D eigenvalue weighted by Gasteiger charge is -2.02. The van der Waals surface area contributed by atoms with Gasteiger partial charge >= 0.3 is 0 Å². The highest BCUT2D eigenvalue weighted by molar-refractivity contribution is 5.86. The molecular formula is C13H18ClN3O2. The number of nitrogens with zero attached hydrogens (tertiary/aromatic N) is 2. The maximum absolute atomic E-state index is 9.33. The minimum absolute atomic E-state index is 0. The summed E-state index contributed by atoms with van der Waals surface area (Å²) >= 11 is 0. The molecule has 6 heteroatoms. The Morgan fingerprint density at radius 2 is 2.00 bits per heavy atom. The van der Waals surface area contributed by atoms with Crippen molar-refractivity contribution in [2.45, 2.75) is 25.7 Å². The van der Waals surface area contributed by atoms with Crippen LogP contribution < -0.4 is 5.43 Å². The summed E-state index contributed by atoms with van der Waals surface area (Å²) < 4.78 is 0. The minimum Gasteiger partial charge on any atom is -0.504 e. The Kier molecular flexibility index (Phi) is 6.15. The van der Waals surface area contributed by atoms with Crippen LogP contribution in [0.5, 0.6) is 11.5 Å². The van der Waals surface area contributed by atoms with Crippen LogP contribution in [0, 0.1) is 0 Å². The van der Waals surface area contributed by atoms with E-state index in [0.29, 0.717) is 5.56 Å². The Morgan fingerprint density at radius 3 is 2.79 bits per heavy atom. The highest BCUT2D eigenvalue weighted by Crippen LogP contribution is 2.23. The van der Waals surface area contributed by atoms with E-state index < -0.39 is 0 Å². The van der Waals surface area contributed by atoms with E-state index in [1.165, 1.54) is 18.6 Å². The normalized spacial score (nSPS) is 15.5. The molecule has 0 unspecified atom stereocenters. The van der Waals surface area contributed by atoms with Crippen molar-refractivity contribution in [1.29, 1.82) is 0 Å². The Bertz CT molecular complexity index is 475. The van der Waals surface area contributed by atoms with Crippen molar-refractivity contribution in [3.63, 3.8) is 0 Å². The number of phenolic OH excluding ortho intramolecular Hbond substituents is 2. The number of nitrogens with one attached hydrogen (secondary N) is 1. The maximum atomic E-state index is 9.33. The minimum atomic E-state index is -0.147. The largest absolute Gasteiger partial charge is 0.504 e. The van der Waals surface area contributed by atoms with Crippen molar-refractivity contribution in [2.75, 3.05) is 6.54 Å². The molecule has 104 valence electrons. The van der Waals surface area contributed by atoms with E-state index in [-0.39, 0.29) is 23.9 Å². The van der Waals surface area contributed by atoms with Gasteiger partial charge in [-0.3, -0.25) is 10.4 Å². The third kappa shape index (κ3) is 4.79. The van der Waals surface area contributed by atoms with E-state index in [0.717, 1.165) is 31.6 Å². The van der Waals surface area contributed by atoms with Gasteiger partial charge in [0.1, 0.15) is 5.84 Å². The second kappa shape index (κ2) is 7.63. The fraction of sp³-hybridized carbons (Fsp3) is 0.385. The zero-order chi connectivity index (χ0) is 12.8. The average molecular weight is 284 g/mol. The molecule has 0 bridgehead atoms. The number of hydrazone groups is 1. The van der Waals surface area contributed by atoms with Crippen LogP contribution in [-0.2, 0) is 0 Å². The first kappa shape index (κ1) is 15.3. The van der Waals surface area contributed by atoms with Gasteiger partial charge in [-0.15, -0.1) is 12.4 Å². The van der Waals surface area contributed by atoms with Crippen molar-refractivity contribution in [3.05, 3.63) is 23.8 Å². The molecule has 0 saturated carbocycles. The summed E-state index contributed by atoms with van der Waals surface area (Å²) in [5, 5.41) is 22.6. The number of rotatable bonds is 2. The summed E-state index contributed by atoms with van der Waals surface area (Å²) in [6.07, 6.45) is 6.01. The van der Waals surface area contributed by atoms with Crippen molar-refractivity contribution in [2.24, 2.45) is 10.1 Å². The predicted molar refractivity (Wildman–Crippen MR) is 78.5 cm³/mol. The molecule has 0 spiro atoms. The number of aromatic hydroxyl groups is 2. The monoisotopic (exact) mass is 283 g/mol. The summed E-state index contributed by atoms with van der Waals surface area (Å²) in [6, 6.07) is 4.56. The van der Waals surface area contributed by atoms with Crippen LogP contribution in [0.1, 0.15) is 31.2 Å². The molecule has 0 aromatic heterocycles. The number of aliphatic imine (C=N–C) groups is 1. The molecule has 1 heterocycles. The number of halogens is 1. The Morgan fingerprint density at radius 1 is 1.16 bits per heavy atom. The summed E-state index contributed by atoms with van der Waals surface area (Å²) in [6.45, 7) is 0.859. The van der Waals surface area contributed by atoms with Crippen LogP contribution in [0.25, 0.3) is 0 Å². The van der Waals surface area contributed by atoms with Crippen LogP contribution in [0.15, 0.2) is 28.3 Å². The van der Waals surface area contributed by atoms with E-state index in [1.807, 2.05) is 0 Å². The molecule has 0 atom stereocenters. The second-order valence-electron chi connectivity index (χ2n) is 4.26. The molecule has 1 aliphatic rings. The highest BCUT2D eigenvalue weighted by atomic mass is 35.5. The number of phenols is 2. The van der Waals surface area contributed by atoms with Gasteiger partial charge in [-0.05, 0) is 36.6 Å². The zero-order valence-electron chi connectivity index (χ0n) is 10.5. The fourth-order valence-electron chi connectivity index (χ4n) is 1.77. The highest BCUT2D eigenvalue weighted by Gasteiger charge is 2.02. The summed E-state index contributed by atoms with van der Waals surface area (Å²) in [5.74, 6) is 0.630. The molecule has 0 fully saturated rings. The van der Waals surface area contributed by atoms with E-state index in [9.17, 15) is 10.2 Å². The van der Waals surface area contributed by atoms with Gasteiger partial charge < -0.3 is 10.2 Å². The van der Waals surface area contributed by atoms with E-state index in [4.69, 9.17) is 0 Å². The number of amidine groups is 1. The van der Waals surface area contributed by atoms with Gasteiger partial charge in [-0.1, -0.05) is 6.42 Å². The lowest BCUT2D eigenvalue weighted by molar-refractivity contribution is 0.403. The molecule has 0 saturated heterocycles. The first-order valence-electron chi connectivity index (χ1n) is 6.10. The van der Waals surface area contributed by atoms with Crippen LogP contribution in [-0.4, -0.2) is 28.8 Å². The number of benzene rings is 1. The van der Waals surface area contributed by atoms with Gasteiger partial charge in [0.2, 0.25) is 0 Å². The molecule has 0 aliphatic carbocycles. The topological polar surface area (TPSA) is 77.2 Å². The standard InChI is InChI=1S/C13H17N3O2.ClH/c17-11-6-5-10(8-12(11)18)9-15-16-13-4-2-1-3-7-14-13;/h5-6,8-9,17-18H,1-4,7H2,(H,14,16);1H/b15-9+;. The van der Waals surface area contributed by atoms with E-state index in [1.54, 1.807) is 12.3 Å². The van der Waals surface area contributed by atoms with Gasteiger partial charge in [-0.25, -0.2) is 0 Å². The third-order valence-electron chi connectivity index (χ3n) is 2.78. The van der Waals surface area contributed by atoms with Gasteiger partial charge in [0.15, 0.2) is 11.5 Å². The molecule has 1 aromatic carbocycles.